The van der Waals surface area contributed by atoms with Crippen LogP contribution in [0.25, 0.3) is 0 Å². The van der Waals surface area contributed by atoms with Crippen molar-refractivity contribution < 1.29 is 6.48 Å². The van der Waals surface area contributed by atoms with E-state index in [0.29, 0.717) is 11.5 Å². The maximum atomic E-state index is 8.49. The van der Waals surface area contributed by atoms with Gasteiger partial charge in [0.2, 0.25) is 0 Å². The molecule has 2 heteroatoms. The second kappa shape index (κ2) is 4.16. The zero-order valence-electron chi connectivity index (χ0n) is 5.19. The molecular weight excluding hydrogens is 112 g/mol. The highest BCUT2D eigenvalue weighted by molar-refractivity contribution is 6.18. The first kappa shape index (κ1) is 5.13. The number of alkyl halides is 1. The molecule has 1 nitrogen and oxygen atoms in total. The molecule has 0 radical (unpaired) electrons. The molecule has 1 unspecified atom stereocenters. The van der Waals surface area contributed by atoms with E-state index < -0.39 is 6.58 Å². The Morgan fingerprint density at radius 1 is 2.14 bits per heavy atom. The van der Waals surface area contributed by atoms with Crippen LogP contribution in [0.1, 0.15) is 8.29 Å². The molecule has 0 aromatic heterocycles. The van der Waals surface area contributed by atoms with Gasteiger partial charge in [0.1, 0.15) is 0 Å². The molecule has 0 aromatic rings. The molecule has 0 spiro atoms. The quantitative estimate of drug-likeness (QED) is 0.430. The minimum Gasteiger partial charge on any atom is -0.392 e. The van der Waals surface area contributed by atoms with Gasteiger partial charge in [-0.2, -0.15) is 0 Å². The second-order valence-corrected chi connectivity index (χ2v) is 1.54. The van der Waals surface area contributed by atoms with Crippen molar-refractivity contribution in [3.05, 3.63) is 11.6 Å². The highest BCUT2D eigenvalue weighted by Crippen LogP contribution is 1.89. The highest BCUT2D eigenvalue weighted by atomic mass is 35.5. The van der Waals surface area contributed by atoms with Gasteiger partial charge in [-0.1, -0.05) is 11.6 Å². The number of aliphatic hydroxyl groups excluding tert-OH is 1. The van der Waals surface area contributed by atoms with Crippen LogP contribution in [0.15, 0.2) is 11.6 Å². The van der Waals surface area contributed by atoms with Gasteiger partial charge in [0, 0.05) is 5.88 Å². The number of halogens is 1. The fourth-order valence-electron chi connectivity index (χ4n) is 0.174. The van der Waals surface area contributed by atoms with E-state index in [0.717, 1.165) is 0 Å². The van der Waals surface area contributed by atoms with Crippen LogP contribution in [0.5, 0.6) is 0 Å². The van der Waals surface area contributed by atoms with E-state index in [1.165, 1.54) is 0 Å². The van der Waals surface area contributed by atoms with E-state index in [1.807, 2.05) is 0 Å². The lowest BCUT2D eigenvalue weighted by Crippen LogP contribution is -1.82. The van der Waals surface area contributed by atoms with E-state index in [9.17, 15) is 0 Å². The zero-order chi connectivity index (χ0) is 6.57. The lowest BCUT2D eigenvalue weighted by Gasteiger charge is -1.87. The Hall–Kier alpha value is -0.0100. The van der Waals surface area contributed by atoms with E-state index >= 15 is 0 Å². The number of hydrogen-bond acceptors (Lipinski definition) is 1. The summed E-state index contributed by atoms with van der Waals surface area (Å²) in [6, 6.07) is 0. The molecule has 0 saturated carbocycles. The van der Waals surface area contributed by atoms with E-state index in [4.69, 9.17) is 18.1 Å². The van der Waals surface area contributed by atoms with Crippen molar-refractivity contribution in [2.75, 3.05) is 12.5 Å². The average molecular weight is 122 g/mol. The van der Waals surface area contributed by atoms with E-state index in [2.05, 4.69) is 0 Å². The zero-order valence-corrected chi connectivity index (χ0v) is 4.94. The van der Waals surface area contributed by atoms with Gasteiger partial charge >= 0.3 is 0 Å². The molecule has 0 rings (SSSR count). The molecule has 7 heavy (non-hydrogen) atoms. The molecule has 0 amide bonds. The Balaban J connectivity index is 3.61. The minimum absolute atomic E-state index is 0.363. The molecule has 1 atom stereocenters. The van der Waals surface area contributed by atoms with Crippen LogP contribution in [0.3, 0.4) is 0 Å². The molecule has 0 heterocycles. The summed E-state index contributed by atoms with van der Waals surface area (Å²) < 4.78 is 6.72. The summed E-state index contributed by atoms with van der Waals surface area (Å²) in [6.07, 6.45) is 1.61. The first-order valence-corrected chi connectivity index (χ1v) is 2.55. The monoisotopic (exact) mass is 121 g/mol. The molecule has 1 N–H and O–H groups in total. The summed E-state index contributed by atoms with van der Waals surface area (Å²) >= 11 is 5.27. The van der Waals surface area contributed by atoms with E-state index in [-0.39, 0.29) is 0 Å². The molecule has 0 fully saturated rings. The van der Waals surface area contributed by atoms with Crippen molar-refractivity contribution in [1.82, 2.24) is 0 Å². The molecule has 0 aliphatic heterocycles. The SMILES string of the molecule is [2H]C(O)/C(C)=C/CCl. The number of aliphatic hydroxyl groups is 1. The number of hydrogen-bond donors (Lipinski definition) is 1. The summed E-state index contributed by atoms with van der Waals surface area (Å²) in [7, 11) is 0. The lowest BCUT2D eigenvalue weighted by atomic mass is 10.3. The molecule has 0 bridgehead atoms. The third-order valence-corrected chi connectivity index (χ3v) is 0.757. The van der Waals surface area contributed by atoms with E-state index in [1.54, 1.807) is 13.0 Å². The normalized spacial score (nSPS) is 18.7. The molecule has 0 saturated heterocycles. The Kier molecular flexibility index (Phi) is 3.05. The highest BCUT2D eigenvalue weighted by Gasteiger charge is 1.78. The van der Waals surface area contributed by atoms with Gasteiger partial charge in [-0.15, -0.1) is 11.6 Å². The van der Waals surface area contributed by atoms with Crippen LogP contribution >= 0.6 is 11.6 Å². The van der Waals surface area contributed by atoms with Crippen molar-refractivity contribution in [3.8, 4) is 0 Å². The number of allylic oxidation sites excluding steroid dienone is 1. The summed E-state index contributed by atoms with van der Waals surface area (Å²) in [5, 5.41) is 8.49. The third kappa shape index (κ3) is 3.83. The van der Waals surface area contributed by atoms with Gasteiger partial charge in [0.05, 0.1) is 7.95 Å². The standard InChI is InChI=1S/C5H9ClO/c1-5(4-7)2-3-6/h2,7H,3-4H2,1H3/b5-2+/i4D. The minimum atomic E-state index is -1.10. The average Bonchev–Trinajstić information content (AvgIpc) is 1.67. The fourth-order valence-corrected chi connectivity index (χ4v) is 0.418. The van der Waals surface area contributed by atoms with Crippen molar-refractivity contribution in [1.29, 1.82) is 0 Å². The first-order chi connectivity index (χ1) is 3.68. The van der Waals surface area contributed by atoms with Gasteiger partial charge in [-0.25, -0.2) is 0 Å². The molecular formula is C5H9ClO. The van der Waals surface area contributed by atoms with Crippen LogP contribution in [-0.4, -0.2) is 17.6 Å². The van der Waals surface area contributed by atoms with Gasteiger partial charge in [-0.3, -0.25) is 0 Å². The van der Waals surface area contributed by atoms with Crippen LogP contribution in [0, 0.1) is 0 Å². The molecule has 42 valence electrons. The molecule has 0 aliphatic carbocycles. The van der Waals surface area contributed by atoms with Crippen molar-refractivity contribution >= 4 is 11.6 Å². The van der Waals surface area contributed by atoms with Crippen LogP contribution in [0.4, 0.5) is 0 Å². The second-order valence-electron chi connectivity index (χ2n) is 1.23. The third-order valence-electron chi connectivity index (χ3n) is 0.603. The summed E-state index contributed by atoms with van der Waals surface area (Å²) in [5.41, 5.74) is 0.597. The predicted molar refractivity (Wildman–Crippen MR) is 31.6 cm³/mol. The number of rotatable bonds is 2. The molecule has 0 aliphatic rings. The lowest BCUT2D eigenvalue weighted by molar-refractivity contribution is 0.331. The largest absolute Gasteiger partial charge is 0.392 e. The van der Waals surface area contributed by atoms with Crippen molar-refractivity contribution in [2.45, 2.75) is 6.92 Å². The van der Waals surface area contributed by atoms with Crippen molar-refractivity contribution in [2.24, 2.45) is 0 Å². The topological polar surface area (TPSA) is 20.2 Å². The Labute approximate surface area is 50.0 Å². The van der Waals surface area contributed by atoms with Crippen LogP contribution < -0.4 is 0 Å². The Morgan fingerprint density at radius 3 is 2.86 bits per heavy atom. The summed E-state index contributed by atoms with van der Waals surface area (Å²) in [5.74, 6) is 0.363. The van der Waals surface area contributed by atoms with Gasteiger partial charge < -0.3 is 5.11 Å². The first-order valence-electron chi connectivity index (χ1n) is 2.59. The maximum Gasteiger partial charge on any atom is 0.0639 e. The molecule has 0 aromatic carbocycles. The Morgan fingerprint density at radius 2 is 2.71 bits per heavy atom. The smallest absolute Gasteiger partial charge is 0.0639 e. The summed E-state index contributed by atoms with van der Waals surface area (Å²) in [6.45, 7) is 0.564. The maximum absolute atomic E-state index is 8.49. The van der Waals surface area contributed by atoms with Gasteiger partial charge in [0.15, 0.2) is 0 Å². The fraction of sp³-hybridized carbons (Fsp3) is 0.600. The van der Waals surface area contributed by atoms with Crippen LogP contribution in [-0.2, 0) is 0 Å². The van der Waals surface area contributed by atoms with Crippen LogP contribution in [0.2, 0.25) is 0 Å². The van der Waals surface area contributed by atoms with Gasteiger partial charge in [0.25, 0.3) is 0 Å². The van der Waals surface area contributed by atoms with Crippen molar-refractivity contribution in [3.63, 3.8) is 0 Å². The Bertz CT molecular complexity index is 90.4. The van der Waals surface area contributed by atoms with Gasteiger partial charge in [-0.05, 0) is 6.92 Å². The predicted octanol–water partition coefficient (Wildman–Crippen LogP) is 1.16. The summed E-state index contributed by atoms with van der Waals surface area (Å²) in [4.78, 5) is 0.